The number of nitrogens with zero attached hydrogens (tertiary/aromatic N) is 2. The molecule has 3 rings (SSSR count). The summed E-state index contributed by atoms with van der Waals surface area (Å²) >= 11 is 3.42. The topological polar surface area (TPSA) is 45.6 Å². The van der Waals surface area contributed by atoms with Crippen LogP contribution in [-0.2, 0) is 0 Å². The highest BCUT2D eigenvalue weighted by molar-refractivity contribution is 7.99. The summed E-state index contributed by atoms with van der Waals surface area (Å²) in [5, 5.41) is 13.4. The van der Waals surface area contributed by atoms with E-state index in [0.29, 0.717) is 5.75 Å². The van der Waals surface area contributed by atoms with Crippen molar-refractivity contribution in [3.8, 4) is 22.1 Å². The average Bonchev–Trinajstić information content (AvgIpc) is 3.20. The van der Waals surface area contributed by atoms with E-state index in [0.717, 1.165) is 52.9 Å². The van der Waals surface area contributed by atoms with Gasteiger partial charge in [-0.2, -0.15) is 0 Å². The highest BCUT2D eigenvalue weighted by Crippen LogP contribution is 2.41. The molecule has 29 heavy (non-hydrogen) atoms. The second-order valence-electron chi connectivity index (χ2n) is 7.00. The summed E-state index contributed by atoms with van der Waals surface area (Å²) < 4.78 is 5.82. The van der Waals surface area contributed by atoms with Gasteiger partial charge in [-0.15, -0.1) is 23.1 Å². The van der Waals surface area contributed by atoms with Crippen molar-refractivity contribution in [2.75, 3.05) is 33.0 Å². The molecule has 6 heteroatoms. The van der Waals surface area contributed by atoms with Crippen LogP contribution in [0.15, 0.2) is 53.9 Å². The molecule has 0 aliphatic rings. The van der Waals surface area contributed by atoms with E-state index in [4.69, 9.17) is 9.72 Å². The van der Waals surface area contributed by atoms with Crippen LogP contribution in [0.5, 0.6) is 11.5 Å². The lowest BCUT2D eigenvalue weighted by atomic mass is 10.1. The second-order valence-corrected chi connectivity index (χ2v) is 9.24. The normalized spacial score (nSPS) is 12.3. The smallest absolute Gasteiger partial charge is 0.123 e. The molecule has 2 aromatic carbocycles. The molecule has 1 N–H and O–H groups in total. The Morgan fingerprint density at radius 2 is 1.90 bits per heavy atom. The zero-order valence-electron chi connectivity index (χ0n) is 17.2. The average molecular weight is 429 g/mol. The van der Waals surface area contributed by atoms with Crippen molar-refractivity contribution in [3.63, 3.8) is 0 Å². The van der Waals surface area contributed by atoms with Crippen molar-refractivity contribution in [1.82, 2.24) is 9.88 Å². The molecule has 3 aromatic rings. The maximum absolute atomic E-state index is 10.3. The van der Waals surface area contributed by atoms with Gasteiger partial charge in [0.2, 0.25) is 0 Å². The van der Waals surface area contributed by atoms with Gasteiger partial charge in [-0.1, -0.05) is 25.1 Å². The molecule has 1 atom stereocenters. The van der Waals surface area contributed by atoms with Crippen LogP contribution >= 0.6 is 23.1 Å². The number of thioether (sulfide) groups is 1. The summed E-state index contributed by atoms with van der Waals surface area (Å²) in [7, 11) is 4.14. The van der Waals surface area contributed by atoms with Gasteiger partial charge < -0.3 is 14.7 Å². The second kappa shape index (κ2) is 10.7. The number of para-hydroxylation sites is 1. The monoisotopic (exact) mass is 428 g/mol. The third kappa shape index (κ3) is 5.98. The molecule has 0 aliphatic carbocycles. The third-order valence-corrected chi connectivity index (χ3v) is 6.53. The first kappa shape index (κ1) is 21.7. The third-order valence-electron chi connectivity index (χ3n) is 4.46. The van der Waals surface area contributed by atoms with Gasteiger partial charge in [0.25, 0.3) is 0 Å². The van der Waals surface area contributed by atoms with Gasteiger partial charge in [0.05, 0.1) is 17.6 Å². The summed E-state index contributed by atoms with van der Waals surface area (Å²) in [6.45, 7) is 3.87. The Hall–Kier alpha value is -2.02. The molecule has 4 nitrogen and oxygen atoms in total. The van der Waals surface area contributed by atoms with Crippen molar-refractivity contribution >= 4 is 23.1 Å². The van der Waals surface area contributed by atoms with Crippen LogP contribution in [0.1, 0.15) is 29.9 Å². The van der Waals surface area contributed by atoms with Gasteiger partial charge >= 0.3 is 0 Å². The van der Waals surface area contributed by atoms with Crippen LogP contribution in [0.25, 0.3) is 10.6 Å². The largest absolute Gasteiger partial charge is 0.508 e. The number of phenols is 1. The van der Waals surface area contributed by atoms with Crippen molar-refractivity contribution in [3.05, 3.63) is 65.2 Å². The highest BCUT2D eigenvalue weighted by atomic mass is 32.2. The minimum Gasteiger partial charge on any atom is -0.508 e. The number of ether oxygens (including phenoxy) is 1. The molecule has 0 saturated carbocycles. The molecule has 0 fully saturated rings. The van der Waals surface area contributed by atoms with Gasteiger partial charge in [-0.3, -0.25) is 0 Å². The molecular formula is C23H28N2O2S2. The van der Waals surface area contributed by atoms with E-state index in [1.807, 2.05) is 30.3 Å². The van der Waals surface area contributed by atoms with E-state index in [2.05, 4.69) is 43.4 Å². The van der Waals surface area contributed by atoms with E-state index in [1.54, 1.807) is 29.2 Å². The fourth-order valence-corrected chi connectivity index (χ4v) is 4.96. The van der Waals surface area contributed by atoms with E-state index >= 15 is 0 Å². The van der Waals surface area contributed by atoms with E-state index in [9.17, 15) is 5.11 Å². The molecule has 0 saturated heterocycles. The molecule has 0 radical (unpaired) electrons. The lowest BCUT2D eigenvalue weighted by molar-refractivity contribution is 0.281. The number of rotatable bonds is 10. The molecule has 1 aromatic heterocycles. The minimum atomic E-state index is 0.0329. The Balaban J connectivity index is 1.70. The summed E-state index contributed by atoms with van der Waals surface area (Å²) in [5.41, 5.74) is 2.99. The lowest BCUT2D eigenvalue weighted by Crippen LogP contribution is -2.15. The minimum absolute atomic E-state index is 0.0329. The van der Waals surface area contributed by atoms with Crippen molar-refractivity contribution in [1.29, 1.82) is 0 Å². The van der Waals surface area contributed by atoms with Gasteiger partial charge in [-0.05, 0) is 56.6 Å². The molecular weight excluding hydrogens is 400 g/mol. The van der Waals surface area contributed by atoms with Crippen LogP contribution in [0.4, 0.5) is 0 Å². The van der Waals surface area contributed by atoms with Crippen LogP contribution in [0, 0.1) is 0 Å². The van der Waals surface area contributed by atoms with E-state index in [1.165, 1.54) is 0 Å². The van der Waals surface area contributed by atoms with Crippen molar-refractivity contribution in [2.45, 2.75) is 18.6 Å². The van der Waals surface area contributed by atoms with Gasteiger partial charge in [0.15, 0.2) is 0 Å². The zero-order chi connectivity index (χ0) is 20.6. The number of hydrogen-bond donors (Lipinski definition) is 1. The quantitative estimate of drug-likeness (QED) is 0.420. The first-order valence-corrected chi connectivity index (χ1v) is 11.7. The van der Waals surface area contributed by atoms with Crippen LogP contribution in [-0.4, -0.2) is 48.0 Å². The van der Waals surface area contributed by atoms with Crippen molar-refractivity contribution in [2.24, 2.45) is 0 Å². The molecule has 154 valence electrons. The fourth-order valence-electron chi connectivity index (χ4n) is 3.01. The predicted octanol–water partition coefficient (Wildman–Crippen LogP) is 5.69. The summed E-state index contributed by atoms with van der Waals surface area (Å²) in [4.78, 5) is 7.04. The van der Waals surface area contributed by atoms with Gasteiger partial charge in [0, 0.05) is 23.1 Å². The number of hydrogen-bond acceptors (Lipinski definition) is 6. The number of benzene rings is 2. The molecule has 0 spiro atoms. The number of aromatic nitrogens is 1. The standard InChI is InChI=1S/C23H28N2O2S2/c1-4-28-22(19-8-5-6-9-21(19)26)20-16-29-23(24-20)17-10-12-18(13-11-17)27-15-7-14-25(2)3/h5-6,8-13,16,22,26H,4,7,14-15H2,1-3H3. The molecule has 0 amide bonds. The summed E-state index contributed by atoms with van der Waals surface area (Å²) in [5.74, 6) is 2.16. The zero-order valence-corrected chi connectivity index (χ0v) is 18.8. The SMILES string of the molecule is CCSC(c1csc(-c2ccc(OCCCN(C)C)cc2)n1)c1ccccc1O. The Morgan fingerprint density at radius 1 is 1.14 bits per heavy atom. The van der Waals surface area contributed by atoms with Gasteiger partial charge in [-0.25, -0.2) is 4.98 Å². The van der Waals surface area contributed by atoms with E-state index in [-0.39, 0.29) is 5.25 Å². The molecule has 0 aliphatic heterocycles. The summed E-state index contributed by atoms with van der Waals surface area (Å²) in [6, 6.07) is 15.7. The Kier molecular flexibility index (Phi) is 7.98. The first-order valence-electron chi connectivity index (χ1n) is 9.81. The number of phenolic OH excluding ortho intramolecular Hbond substituents is 1. The van der Waals surface area contributed by atoms with Crippen LogP contribution in [0.3, 0.4) is 0 Å². The molecule has 1 unspecified atom stereocenters. The Labute approximate surface area is 181 Å². The highest BCUT2D eigenvalue weighted by Gasteiger charge is 2.20. The Bertz CT molecular complexity index is 894. The first-order chi connectivity index (χ1) is 14.1. The summed E-state index contributed by atoms with van der Waals surface area (Å²) in [6.07, 6.45) is 1.01. The number of aromatic hydroxyl groups is 1. The predicted molar refractivity (Wildman–Crippen MR) is 124 cm³/mol. The van der Waals surface area contributed by atoms with Crippen molar-refractivity contribution < 1.29 is 9.84 Å². The van der Waals surface area contributed by atoms with Crippen LogP contribution in [0.2, 0.25) is 0 Å². The van der Waals surface area contributed by atoms with Crippen LogP contribution < -0.4 is 4.74 Å². The maximum Gasteiger partial charge on any atom is 0.123 e. The van der Waals surface area contributed by atoms with E-state index < -0.39 is 0 Å². The van der Waals surface area contributed by atoms with Gasteiger partial charge in [0.1, 0.15) is 16.5 Å². The number of thiazole rings is 1. The fraction of sp³-hybridized carbons (Fsp3) is 0.348. The molecule has 0 bridgehead atoms. The molecule has 1 heterocycles. The Morgan fingerprint density at radius 3 is 2.59 bits per heavy atom. The lowest BCUT2D eigenvalue weighted by Gasteiger charge is -2.15. The maximum atomic E-state index is 10.3.